The smallest absolute Gasteiger partial charge is 0.198 e. The van der Waals surface area contributed by atoms with Gasteiger partial charge in [-0.05, 0) is 48.5 Å². The molecule has 0 radical (unpaired) electrons. The van der Waals surface area contributed by atoms with E-state index < -0.39 is 0 Å². The topological polar surface area (TPSA) is 58.2 Å². The van der Waals surface area contributed by atoms with Crippen LogP contribution in [0.25, 0.3) is 0 Å². The lowest BCUT2D eigenvalue weighted by atomic mass is 9.82. The molecule has 0 amide bonds. The summed E-state index contributed by atoms with van der Waals surface area (Å²) < 4.78 is 0. The molecular weight excluding hydrogens is 514 g/mol. The largest absolute Gasteiger partial charge is 0.354 e. The molecule has 2 N–H and O–H groups in total. The lowest BCUT2D eigenvalue weighted by molar-refractivity contribution is 0.0980. The van der Waals surface area contributed by atoms with Crippen molar-refractivity contribution in [3.63, 3.8) is 0 Å². The van der Waals surface area contributed by atoms with Crippen molar-refractivity contribution >= 4 is 80.7 Å². The van der Waals surface area contributed by atoms with Gasteiger partial charge in [0.1, 0.15) is 0 Å². The average Bonchev–Trinajstić information content (AvgIpc) is 2.81. The molecule has 0 bridgehead atoms. The van der Waals surface area contributed by atoms with Crippen LogP contribution in [0.4, 0.5) is 22.7 Å². The minimum absolute atomic E-state index is 0.249. The summed E-state index contributed by atoms with van der Waals surface area (Å²) in [5.74, 6) is -0.549. The predicted molar refractivity (Wildman–Crippen MR) is 139 cm³/mol. The second kappa shape index (κ2) is 8.97. The maximum absolute atomic E-state index is 13.8. The molecule has 34 heavy (non-hydrogen) atoms. The van der Waals surface area contributed by atoms with Crippen molar-refractivity contribution in [2.45, 2.75) is 0 Å². The summed E-state index contributed by atoms with van der Waals surface area (Å²) in [6.07, 6.45) is 0. The van der Waals surface area contributed by atoms with Crippen LogP contribution in [0, 0.1) is 0 Å². The standard InChI is InChI=1S/C26H14Cl4N2O2/c27-13-7-9-19(17(29)11-13)31-21-5-1-3-15-23(21)26(34)24-16(25(15)33)4-2-6-22(24)32-20-10-8-14(28)12-18(20)30/h1-12,31-32H. The molecule has 0 aliphatic heterocycles. The Kier molecular flexibility index (Phi) is 6.00. The molecule has 0 aromatic heterocycles. The van der Waals surface area contributed by atoms with E-state index in [0.717, 1.165) is 0 Å². The molecule has 168 valence electrons. The van der Waals surface area contributed by atoms with E-state index in [0.29, 0.717) is 54.0 Å². The highest BCUT2D eigenvalue weighted by atomic mass is 35.5. The third-order valence-electron chi connectivity index (χ3n) is 5.47. The van der Waals surface area contributed by atoms with Gasteiger partial charge in [0, 0.05) is 21.2 Å². The minimum atomic E-state index is -0.300. The van der Waals surface area contributed by atoms with Gasteiger partial charge >= 0.3 is 0 Å². The fourth-order valence-corrected chi connectivity index (χ4v) is 4.83. The first-order valence-electron chi connectivity index (χ1n) is 10.1. The van der Waals surface area contributed by atoms with E-state index in [1.165, 1.54) is 0 Å². The Bertz CT molecular complexity index is 1390. The number of ketones is 2. The maximum Gasteiger partial charge on any atom is 0.198 e. The molecule has 0 unspecified atom stereocenters. The Balaban J connectivity index is 1.61. The van der Waals surface area contributed by atoms with Gasteiger partial charge in [-0.2, -0.15) is 0 Å². The van der Waals surface area contributed by atoms with Gasteiger partial charge in [-0.3, -0.25) is 9.59 Å². The number of fused-ring (bicyclic) bond motifs is 2. The first-order chi connectivity index (χ1) is 16.3. The Morgan fingerprint density at radius 1 is 0.500 bits per heavy atom. The minimum Gasteiger partial charge on any atom is -0.354 e. The highest BCUT2D eigenvalue weighted by Crippen LogP contribution is 2.39. The van der Waals surface area contributed by atoms with E-state index in [-0.39, 0.29) is 22.7 Å². The van der Waals surface area contributed by atoms with E-state index >= 15 is 0 Å². The van der Waals surface area contributed by atoms with Crippen LogP contribution in [0.3, 0.4) is 0 Å². The van der Waals surface area contributed by atoms with E-state index in [1.54, 1.807) is 72.8 Å². The van der Waals surface area contributed by atoms with Crippen LogP contribution in [-0.4, -0.2) is 11.6 Å². The maximum atomic E-state index is 13.8. The van der Waals surface area contributed by atoms with Gasteiger partial charge in [-0.15, -0.1) is 0 Å². The molecular formula is C26H14Cl4N2O2. The number of benzene rings is 4. The van der Waals surface area contributed by atoms with Crippen molar-refractivity contribution in [1.29, 1.82) is 0 Å². The van der Waals surface area contributed by atoms with Gasteiger partial charge in [-0.25, -0.2) is 0 Å². The van der Waals surface area contributed by atoms with Crippen LogP contribution in [-0.2, 0) is 0 Å². The molecule has 5 rings (SSSR count). The van der Waals surface area contributed by atoms with Crippen LogP contribution in [0.5, 0.6) is 0 Å². The zero-order chi connectivity index (χ0) is 24.0. The number of carbonyl (C=O) groups is 2. The highest BCUT2D eigenvalue weighted by Gasteiger charge is 2.33. The fourth-order valence-electron chi connectivity index (χ4n) is 3.92. The van der Waals surface area contributed by atoms with Gasteiger partial charge in [0.25, 0.3) is 0 Å². The van der Waals surface area contributed by atoms with Crippen molar-refractivity contribution in [3.05, 3.63) is 115 Å². The Morgan fingerprint density at radius 2 is 0.941 bits per heavy atom. The summed E-state index contributed by atoms with van der Waals surface area (Å²) in [6.45, 7) is 0. The zero-order valence-electron chi connectivity index (χ0n) is 17.3. The molecule has 4 nitrogen and oxygen atoms in total. The molecule has 0 fully saturated rings. The normalized spacial score (nSPS) is 12.2. The molecule has 0 atom stereocenters. The molecule has 4 aromatic rings. The Labute approximate surface area is 215 Å². The van der Waals surface area contributed by atoms with Crippen LogP contribution in [0.1, 0.15) is 31.8 Å². The molecule has 8 heteroatoms. The van der Waals surface area contributed by atoms with Crippen LogP contribution < -0.4 is 10.6 Å². The highest BCUT2D eigenvalue weighted by molar-refractivity contribution is 6.37. The summed E-state index contributed by atoms with van der Waals surface area (Å²) >= 11 is 24.6. The predicted octanol–water partition coefficient (Wildman–Crippen LogP) is 8.56. The van der Waals surface area contributed by atoms with Crippen molar-refractivity contribution in [2.24, 2.45) is 0 Å². The second-order valence-corrected chi connectivity index (χ2v) is 9.30. The van der Waals surface area contributed by atoms with E-state index in [1.807, 2.05) is 0 Å². The van der Waals surface area contributed by atoms with Crippen molar-refractivity contribution in [1.82, 2.24) is 0 Å². The van der Waals surface area contributed by atoms with Crippen molar-refractivity contribution in [3.8, 4) is 0 Å². The first-order valence-corrected chi connectivity index (χ1v) is 11.6. The molecule has 0 spiro atoms. The third kappa shape index (κ3) is 4.04. The monoisotopic (exact) mass is 526 g/mol. The molecule has 1 aliphatic carbocycles. The van der Waals surface area contributed by atoms with Gasteiger partial charge in [-0.1, -0.05) is 70.7 Å². The number of anilines is 4. The third-order valence-corrected chi connectivity index (χ3v) is 6.57. The number of nitrogens with one attached hydrogen (secondary N) is 2. The summed E-state index contributed by atoms with van der Waals surface area (Å²) in [5, 5.41) is 8.10. The summed E-state index contributed by atoms with van der Waals surface area (Å²) in [5.41, 5.74) is 3.21. The molecule has 1 aliphatic rings. The number of carbonyl (C=O) groups excluding carboxylic acids is 2. The van der Waals surface area contributed by atoms with Gasteiger partial charge in [0.2, 0.25) is 0 Å². The summed E-state index contributed by atoms with van der Waals surface area (Å²) in [7, 11) is 0. The number of rotatable bonds is 4. The number of hydrogen-bond donors (Lipinski definition) is 2. The lowest BCUT2D eigenvalue weighted by Crippen LogP contribution is -2.23. The Hall–Kier alpha value is -3.02. The van der Waals surface area contributed by atoms with E-state index in [2.05, 4.69) is 10.6 Å². The average molecular weight is 528 g/mol. The van der Waals surface area contributed by atoms with Crippen molar-refractivity contribution in [2.75, 3.05) is 10.6 Å². The molecule has 0 heterocycles. The van der Waals surface area contributed by atoms with Crippen LogP contribution in [0.2, 0.25) is 20.1 Å². The lowest BCUT2D eigenvalue weighted by Gasteiger charge is -2.23. The zero-order valence-corrected chi connectivity index (χ0v) is 20.3. The van der Waals surface area contributed by atoms with Crippen molar-refractivity contribution < 1.29 is 9.59 Å². The fraction of sp³-hybridized carbons (Fsp3) is 0. The molecule has 0 saturated carbocycles. The summed E-state index contributed by atoms with van der Waals surface area (Å²) in [4.78, 5) is 27.2. The second-order valence-electron chi connectivity index (χ2n) is 7.61. The summed E-state index contributed by atoms with van der Waals surface area (Å²) in [6, 6.07) is 20.2. The Morgan fingerprint density at radius 3 is 1.35 bits per heavy atom. The number of halogens is 4. The van der Waals surface area contributed by atoms with E-state index in [9.17, 15) is 9.59 Å². The van der Waals surface area contributed by atoms with Gasteiger partial charge in [0.05, 0.1) is 43.9 Å². The number of hydrogen-bond acceptors (Lipinski definition) is 4. The molecule has 4 aromatic carbocycles. The SMILES string of the molecule is O=C1c2cccc(Nc3ccc(Cl)cc3Cl)c2C(=O)c2c(Nc3ccc(Cl)cc3Cl)cccc21. The van der Waals surface area contributed by atoms with Crippen LogP contribution >= 0.6 is 46.4 Å². The molecule has 0 saturated heterocycles. The van der Waals surface area contributed by atoms with Crippen LogP contribution in [0.15, 0.2) is 72.8 Å². The first kappa shape index (κ1) is 22.8. The van der Waals surface area contributed by atoms with Gasteiger partial charge in [0.15, 0.2) is 11.6 Å². The van der Waals surface area contributed by atoms with E-state index in [4.69, 9.17) is 46.4 Å². The van der Waals surface area contributed by atoms with Gasteiger partial charge < -0.3 is 10.6 Å². The quantitative estimate of drug-likeness (QED) is 0.246.